The minimum atomic E-state index is -0.283. The standard InChI is InChI=1S/C26H39NO2/c1-19-6-9-27(10-7-19)18-24(28)8-11-29-25-4-2-23(3-5-25)26-15-20-12-21(16-26)14-22(13-20)17-26/h2-5,19-22,24,28H,6-18H2,1H3. The van der Waals surface area contributed by atoms with E-state index in [9.17, 15) is 5.11 Å². The largest absolute Gasteiger partial charge is 0.493 e. The average Bonchev–Trinajstić information content (AvgIpc) is 2.69. The topological polar surface area (TPSA) is 32.7 Å². The molecule has 160 valence electrons. The molecule has 0 spiro atoms. The number of aliphatic hydroxyl groups is 1. The van der Waals surface area contributed by atoms with Crippen LogP contribution >= 0.6 is 0 Å². The van der Waals surface area contributed by atoms with Crippen molar-refractivity contribution in [1.29, 1.82) is 0 Å². The zero-order valence-corrected chi connectivity index (χ0v) is 18.2. The molecule has 4 aliphatic carbocycles. The van der Waals surface area contributed by atoms with E-state index in [1.54, 1.807) is 5.56 Å². The second-order valence-corrected chi connectivity index (χ2v) is 11.0. The number of β-amino-alcohol motifs (C(OH)–C–C–N with tert-alkyl or cyclic N) is 1. The maximum absolute atomic E-state index is 10.4. The predicted octanol–water partition coefficient (Wildman–Crippen LogP) is 5.02. The summed E-state index contributed by atoms with van der Waals surface area (Å²) in [6.45, 7) is 5.98. The number of benzene rings is 1. The normalized spacial score (nSPS) is 35.7. The zero-order valence-electron chi connectivity index (χ0n) is 18.2. The fourth-order valence-electron chi connectivity index (χ4n) is 7.32. The summed E-state index contributed by atoms with van der Waals surface area (Å²) in [5, 5.41) is 10.4. The molecule has 5 fully saturated rings. The van der Waals surface area contributed by atoms with Crippen LogP contribution in [-0.4, -0.2) is 42.4 Å². The lowest BCUT2D eigenvalue weighted by atomic mass is 9.48. The highest BCUT2D eigenvalue weighted by molar-refractivity contribution is 5.34. The quantitative estimate of drug-likeness (QED) is 0.701. The number of piperidine rings is 1. The van der Waals surface area contributed by atoms with Gasteiger partial charge in [0.2, 0.25) is 0 Å². The van der Waals surface area contributed by atoms with Gasteiger partial charge in [0.15, 0.2) is 0 Å². The Morgan fingerprint density at radius 2 is 1.59 bits per heavy atom. The van der Waals surface area contributed by atoms with Crippen molar-refractivity contribution < 1.29 is 9.84 Å². The van der Waals surface area contributed by atoms with E-state index in [0.717, 1.165) is 49.1 Å². The van der Waals surface area contributed by atoms with Crippen LogP contribution in [0.2, 0.25) is 0 Å². The molecule has 29 heavy (non-hydrogen) atoms. The maximum Gasteiger partial charge on any atom is 0.119 e. The Morgan fingerprint density at radius 1 is 1.00 bits per heavy atom. The first-order chi connectivity index (χ1) is 14.1. The van der Waals surface area contributed by atoms with E-state index in [4.69, 9.17) is 4.74 Å². The lowest BCUT2D eigenvalue weighted by Crippen LogP contribution is -2.48. The first kappa shape index (κ1) is 19.9. The molecule has 1 unspecified atom stereocenters. The summed E-state index contributed by atoms with van der Waals surface area (Å²) in [5.74, 6) is 4.76. The fourth-order valence-corrected chi connectivity index (χ4v) is 7.32. The second-order valence-electron chi connectivity index (χ2n) is 11.0. The molecule has 5 aliphatic rings. The predicted molar refractivity (Wildman–Crippen MR) is 117 cm³/mol. The lowest BCUT2D eigenvalue weighted by molar-refractivity contribution is -0.00520. The Hall–Kier alpha value is -1.06. The highest BCUT2D eigenvalue weighted by Gasteiger charge is 2.51. The van der Waals surface area contributed by atoms with E-state index in [2.05, 4.69) is 36.1 Å². The third kappa shape index (κ3) is 4.37. The Labute approximate surface area is 176 Å². The number of rotatable bonds is 7. The van der Waals surface area contributed by atoms with Crippen molar-refractivity contribution in [2.45, 2.75) is 76.2 Å². The fraction of sp³-hybridized carbons (Fsp3) is 0.769. The Balaban J connectivity index is 1.10. The molecule has 0 aromatic heterocycles. The van der Waals surface area contributed by atoms with Crippen LogP contribution < -0.4 is 4.74 Å². The van der Waals surface area contributed by atoms with Crippen molar-refractivity contribution in [3.8, 4) is 5.75 Å². The van der Waals surface area contributed by atoms with E-state index < -0.39 is 0 Å². The minimum absolute atomic E-state index is 0.283. The van der Waals surface area contributed by atoms with Gasteiger partial charge in [-0.15, -0.1) is 0 Å². The molecule has 0 radical (unpaired) electrons. The summed E-state index contributed by atoms with van der Waals surface area (Å²) in [6.07, 6.45) is 11.7. The summed E-state index contributed by atoms with van der Waals surface area (Å²) in [7, 11) is 0. The van der Waals surface area contributed by atoms with Gasteiger partial charge in [-0.2, -0.15) is 0 Å². The molecule has 3 heteroatoms. The Bertz CT molecular complexity index is 641. The number of hydrogen-bond donors (Lipinski definition) is 1. The smallest absolute Gasteiger partial charge is 0.119 e. The molecule has 1 saturated heterocycles. The molecule has 1 atom stereocenters. The molecule has 0 amide bonds. The molecule has 1 aromatic carbocycles. The van der Waals surface area contributed by atoms with E-state index in [0.29, 0.717) is 18.4 Å². The van der Waals surface area contributed by atoms with Gasteiger partial charge >= 0.3 is 0 Å². The first-order valence-corrected chi connectivity index (χ1v) is 12.2. The summed E-state index contributed by atoms with van der Waals surface area (Å²) >= 11 is 0. The van der Waals surface area contributed by atoms with Gasteiger partial charge < -0.3 is 14.7 Å². The van der Waals surface area contributed by atoms with Crippen LogP contribution in [0.25, 0.3) is 0 Å². The lowest BCUT2D eigenvalue weighted by Gasteiger charge is -2.57. The van der Waals surface area contributed by atoms with E-state index in [1.165, 1.54) is 51.4 Å². The summed E-state index contributed by atoms with van der Waals surface area (Å²) in [6, 6.07) is 9.03. The van der Waals surface area contributed by atoms with Gasteiger partial charge in [0.05, 0.1) is 12.7 Å². The number of aliphatic hydroxyl groups excluding tert-OH is 1. The van der Waals surface area contributed by atoms with Crippen molar-refractivity contribution in [3.05, 3.63) is 29.8 Å². The molecular weight excluding hydrogens is 358 g/mol. The molecule has 1 heterocycles. The second kappa shape index (κ2) is 8.23. The van der Waals surface area contributed by atoms with Gasteiger partial charge in [0, 0.05) is 13.0 Å². The number of ether oxygens (including phenoxy) is 1. The maximum atomic E-state index is 10.4. The van der Waals surface area contributed by atoms with E-state index >= 15 is 0 Å². The minimum Gasteiger partial charge on any atom is -0.493 e. The molecule has 1 N–H and O–H groups in total. The first-order valence-electron chi connectivity index (χ1n) is 12.2. The van der Waals surface area contributed by atoms with Crippen LogP contribution in [0.4, 0.5) is 0 Å². The summed E-state index contributed by atoms with van der Waals surface area (Å²) in [5.41, 5.74) is 2.03. The molecule has 4 bridgehead atoms. The van der Waals surface area contributed by atoms with Crippen LogP contribution in [0.15, 0.2) is 24.3 Å². The van der Waals surface area contributed by atoms with E-state index in [1.807, 2.05) is 0 Å². The third-order valence-electron chi connectivity index (χ3n) is 8.57. The van der Waals surface area contributed by atoms with Gasteiger partial charge in [-0.3, -0.25) is 0 Å². The number of hydrogen-bond acceptors (Lipinski definition) is 3. The Morgan fingerprint density at radius 3 is 2.17 bits per heavy atom. The summed E-state index contributed by atoms with van der Waals surface area (Å²) in [4.78, 5) is 2.41. The highest BCUT2D eigenvalue weighted by Crippen LogP contribution is 2.60. The van der Waals surface area contributed by atoms with Crippen molar-refractivity contribution in [2.24, 2.45) is 23.7 Å². The van der Waals surface area contributed by atoms with Gasteiger partial charge in [-0.1, -0.05) is 19.1 Å². The zero-order chi connectivity index (χ0) is 19.8. The van der Waals surface area contributed by atoms with Gasteiger partial charge in [-0.25, -0.2) is 0 Å². The van der Waals surface area contributed by atoms with Gasteiger partial charge in [-0.05, 0) is 111 Å². The van der Waals surface area contributed by atoms with Crippen molar-refractivity contribution in [1.82, 2.24) is 4.90 Å². The van der Waals surface area contributed by atoms with Crippen molar-refractivity contribution in [3.63, 3.8) is 0 Å². The molecule has 6 rings (SSSR count). The van der Waals surface area contributed by atoms with Gasteiger partial charge in [0.1, 0.15) is 5.75 Å². The van der Waals surface area contributed by atoms with Crippen LogP contribution in [0.1, 0.15) is 70.3 Å². The van der Waals surface area contributed by atoms with Crippen molar-refractivity contribution in [2.75, 3.05) is 26.2 Å². The number of nitrogens with zero attached hydrogens (tertiary/aromatic N) is 1. The third-order valence-corrected chi connectivity index (χ3v) is 8.57. The molecule has 4 saturated carbocycles. The molecule has 1 aliphatic heterocycles. The van der Waals surface area contributed by atoms with Crippen LogP contribution in [0, 0.1) is 23.7 Å². The van der Waals surface area contributed by atoms with Crippen LogP contribution in [-0.2, 0) is 5.41 Å². The SMILES string of the molecule is CC1CCN(CC(O)CCOc2ccc(C34CC5CC(CC(C5)C3)C4)cc2)CC1. The number of likely N-dealkylation sites (tertiary alicyclic amines) is 1. The Kier molecular flexibility index (Phi) is 5.64. The molecule has 1 aromatic rings. The van der Waals surface area contributed by atoms with Crippen LogP contribution in [0.3, 0.4) is 0 Å². The monoisotopic (exact) mass is 397 g/mol. The van der Waals surface area contributed by atoms with Gasteiger partial charge in [0.25, 0.3) is 0 Å². The van der Waals surface area contributed by atoms with E-state index in [-0.39, 0.29) is 6.10 Å². The highest BCUT2D eigenvalue weighted by atomic mass is 16.5. The average molecular weight is 398 g/mol. The van der Waals surface area contributed by atoms with Crippen molar-refractivity contribution >= 4 is 0 Å². The van der Waals surface area contributed by atoms with Crippen LogP contribution in [0.5, 0.6) is 5.75 Å². The summed E-state index contributed by atoms with van der Waals surface area (Å²) < 4.78 is 5.98. The molecule has 3 nitrogen and oxygen atoms in total. The molecular formula is C26H39NO2.